The van der Waals surface area contributed by atoms with Crippen LogP contribution in [0.3, 0.4) is 0 Å². The van der Waals surface area contributed by atoms with Crippen molar-refractivity contribution >= 4 is 33.2 Å². The first-order chi connectivity index (χ1) is 21.1. The Kier molecular flexibility index (Phi) is 10.5. The molecule has 11 heteroatoms. The zero-order valence-electron chi connectivity index (χ0n) is 24.5. The predicted molar refractivity (Wildman–Crippen MR) is 168 cm³/mol. The molecule has 0 saturated carbocycles. The summed E-state index contributed by atoms with van der Waals surface area (Å²) < 4.78 is 28.8. The lowest BCUT2D eigenvalue weighted by atomic mass is 10.0. The van der Waals surface area contributed by atoms with Gasteiger partial charge < -0.3 is 10.2 Å². The molecular weight excluding hydrogens is 580 g/mol. The number of nitro groups is 1. The van der Waals surface area contributed by atoms with Crippen LogP contribution in [0, 0.1) is 17.0 Å². The minimum absolute atomic E-state index is 0.0311. The lowest BCUT2D eigenvalue weighted by Gasteiger charge is -2.33. The van der Waals surface area contributed by atoms with Crippen LogP contribution in [0.1, 0.15) is 23.6 Å². The molecule has 0 unspecified atom stereocenters. The number of nitrogens with one attached hydrogen (secondary N) is 1. The van der Waals surface area contributed by atoms with Crippen LogP contribution in [0.2, 0.25) is 0 Å². The Morgan fingerprint density at radius 1 is 0.864 bits per heavy atom. The molecule has 2 amide bonds. The van der Waals surface area contributed by atoms with Crippen LogP contribution in [-0.4, -0.2) is 49.2 Å². The SMILES string of the molecule is CCNC(=O)[C@@H](Cc1ccccc1)N(Cc1cccc(C)c1)C(=O)CN(c1cccc([N+](=O)[O-])c1)S(=O)(=O)c1ccccc1. The van der Waals surface area contributed by atoms with Gasteiger partial charge in [-0.3, -0.25) is 24.0 Å². The molecule has 228 valence electrons. The highest BCUT2D eigenvalue weighted by atomic mass is 32.2. The molecule has 0 aromatic heterocycles. The Balaban J connectivity index is 1.82. The number of hydrogen-bond acceptors (Lipinski definition) is 6. The summed E-state index contributed by atoms with van der Waals surface area (Å²) in [6.45, 7) is 3.36. The van der Waals surface area contributed by atoms with Crippen molar-refractivity contribution in [2.24, 2.45) is 0 Å². The molecule has 4 aromatic rings. The van der Waals surface area contributed by atoms with Crippen molar-refractivity contribution in [3.05, 3.63) is 136 Å². The molecule has 0 spiro atoms. The number of carbonyl (C=O) groups is 2. The average Bonchev–Trinajstić information content (AvgIpc) is 3.02. The van der Waals surface area contributed by atoms with Crippen LogP contribution >= 0.6 is 0 Å². The van der Waals surface area contributed by atoms with Gasteiger partial charge in [0.15, 0.2) is 0 Å². The van der Waals surface area contributed by atoms with Crippen molar-refractivity contribution in [2.45, 2.75) is 37.8 Å². The topological polar surface area (TPSA) is 130 Å². The zero-order chi connectivity index (χ0) is 31.7. The number of aryl methyl sites for hydroxylation is 1. The second-order valence-corrected chi connectivity index (χ2v) is 12.1. The van der Waals surface area contributed by atoms with Gasteiger partial charge in [0.2, 0.25) is 11.8 Å². The normalized spacial score (nSPS) is 11.8. The summed E-state index contributed by atoms with van der Waals surface area (Å²) in [7, 11) is -4.36. The minimum atomic E-state index is -4.36. The van der Waals surface area contributed by atoms with Gasteiger partial charge in [0.1, 0.15) is 12.6 Å². The van der Waals surface area contributed by atoms with E-state index < -0.39 is 33.4 Å². The maximum absolute atomic E-state index is 14.4. The Hall–Kier alpha value is -5.03. The van der Waals surface area contributed by atoms with Crippen LogP contribution in [0.4, 0.5) is 11.4 Å². The van der Waals surface area contributed by atoms with Crippen molar-refractivity contribution in [3.63, 3.8) is 0 Å². The van der Waals surface area contributed by atoms with Crippen LogP contribution in [0.5, 0.6) is 0 Å². The van der Waals surface area contributed by atoms with Gasteiger partial charge in [0.25, 0.3) is 15.7 Å². The predicted octanol–water partition coefficient (Wildman–Crippen LogP) is 4.87. The molecule has 0 radical (unpaired) electrons. The highest BCUT2D eigenvalue weighted by Gasteiger charge is 2.34. The smallest absolute Gasteiger partial charge is 0.271 e. The van der Waals surface area contributed by atoms with E-state index >= 15 is 0 Å². The Morgan fingerprint density at radius 2 is 1.50 bits per heavy atom. The Morgan fingerprint density at radius 3 is 2.14 bits per heavy atom. The van der Waals surface area contributed by atoms with Gasteiger partial charge in [-0.25, -0.2) is 8.42 Å². The van der Waals surface area contributed by atoms with Gasteiger partial charge in [-0.2, -0.15) is 0 Å². The van der Waals surface area contributed by atoms with Crippen LogP contribution < -0.4 is 9.62 Å². The van der Waals surface area contributed by atoms with Gasteiger partial charge in [-0.1, -0.05) is 84.4 Å². The summed E-state index contributed by atoms with van der Waals surface area (Å²) in [6.07, 6.45) is 0.187. The largest absolute Gasteiger partial charge is 0.355 e. The molecule has 0 bridgehead atoms. The number of rotatable bonds is 13. The molecule has 0 saturated heterocycles. The van der Waals surface area contributed by atoms with Crippen molar-refractivity contribution in [1.82, 2.24) is 10.2 Å². The van der Waals surface area contributed by atoms with Crippen LogP contribution in [0.15, 0.2) is 114 Å². The van der Waals surface area contributed by atoms with E-state index in [1.807, 2.05) is 61.5 Å². The van der Waals surface area contributed by atoms with Crippen LogP contribution in [-0.2, 0) is 32.6 Å². The number of nitro benzene ring substituents is 1. The van der Waals surface area contributed by atoms with E-state index in [1.54, 1.807) is 25.1 Å². The van der Waals surface area contributed by atoms with Crippen molar-refractivity contribution in [1.29, 1.82) is 0 Å². The van der Waals surface area contributed by atoms with E-state index in [2.05, 4.69) is 5.32 Å². The molecule has 44 heavy (non-hydrogen) atoms. The summed E-state index contributed by atoms with van der Waals surface area (Å²) >= 11 is 0. The Labute approximate surface area is 257 Å². The van der Waals surface area contributed by atoms with E-state index in [-0.39, 0.29) is 35.1 Å². The Bertz CT molecular complexity index is 1710. The summed E-state index contributed by atoms with van der Waals surface area (Å²) in [5.41, 5.74) is 2.15. The third-order valence-corrected chi connectivity index (χ3v) is 8.78. The fraction of sp³-hybridized carbons (Fsp3) is 0.212. The number of anilines is 1. The summed E-state index contributed by atoms with van der Waals surface area (Å²) in [6, 6.07) is 28.4. The standard InChI is InChI=1S/C33H34N4O6S/c1-3-34-33(39)31(21-26-13-6-4-7-14-26)35(23-27-15-10-12-25(2)20-27)32(38)24-36(28-16-11-17-29(22-28)37(40)41)44(42,43)30-18-8-5-9-19-30/h4-20,22,31H,3,21,23-24H2,1-2H3,(H,34,39)/t31-/m1/s1. The van der Waals surface area contributed by atoms with Gasteiger partial charge in [-0.05, 0) is 43.2 Å². The van der Waals surface area contributed by atoms with Crippen LogP contribution in [0.25, 0.3) is 0 Å². The molecule has 4 rings (SSSR count). The molecule has 10 nitrogen and oxygen atoms in total. The van der Waals surface area contributed by atoms with E-state index in [9.17, 15) is 28.1 Å². The van der Waals surface area contributed by atoms with Crippen molar-refractivity contribution < 1.29 is 22.9 Å². The lowest BCUT2D eigenvalue weighted by molar-refractivity contribution is -0.384. The second kappa shape index (κ2) is 14.4. The molecule has 1 atom stereocenters. The van der Waals surface area contributed by atoms with Crippen molar-refractivity contribution in [2.75, 3.05) is 17.4 Å². The van der Waals surface area contributed by atoms with Gasteiger partial charge in [0.05, 0.1) is 15.5 Å². The van der Waals surface area contributed by atoms with E-state index in [4.69, 9.17) is 0 Å². The first kappa shape index (κ1) is 31.9. The van der Waals surface area contributed by atoms with Crippen molar-refractivity contribution in [3.8, 4) is 0 Å². The van der Waals surface area contributed by atoms with E-state index in [0.717, 1.165) is 27.1 Å². The number of nitrogens with zero attached hydrogens (tertiary/aromatic N) is 3. The molecule has 0 aliphatic rings. The average molecular weight is 615 g/mol. The fourth-order valence-corrected chi connectivity index (χ4v) is 6.29. The number of amides is 2. The summed E-state index contributed by atoms with van der Waals surface area (Å²) in [4.78, 5) is 40.1. The van der Waals surface area contributed by atoms with E-state index in [1.165, 1.54) is 35.2 Å². The first-order valence-corrected chi connectivity index (χ1v) is 15.5. The molecule has 0 fully saturated rings. The summed E-state index contributed by atoms with van der Waals surface area (Å²) in [5, 5.41) is 14.4. The third-order valence-electron chi connectivity index (χ3n) is 7.00. The number of likely N-dealkylation sites (N-methyl/N-ethyl adjacent to an activating group) is 1. The zero-order valence-corrected chi connectivity index (χ0v) is 25.3. The molecule has 0 aliphatic carbocycles. The maximum atomic E-state index is 14.4. The quantitative estimate of drug-likeness (QED) is 0.169. The number of sulfonamides is 1. The third kappa shape index (κ3) is 7.87. The molecular formula is C33H34N4O6S. The highest BCUT2D eigenvalue weighted by molar-refractivity contribution is 7.92. The maximum Gasteiger partial charge on any atom is 0.271 e. The number of non-ortho nitro benzene ring substituents is 1. The minimum Gasteiger partial charge on any atom is -0.355 e. The van der Waals surface area contributed by atoms with E-state index in [0.29, 0.717) is 6.54 Å². The van der Waals surface area contributed by atoms with Gasteiger partial charge in [0, 0.05) is 31.6 Å². The molecule has 1 N–H and O–H groups in total. The van der Waals surface area contributed by atoms with Gasteiger partial charge >= 0.3 is 0 Å². The van der Waals surface area contributed by atoms with Gasteiger partial charge in [-0.15, -0.1) is 0 Å². The monoisotopic (exact) mass is 614 g/mol. The second-order valence-electron chi connectivity index (χ2n) is 10.2. The first-order valence-electron chi connectivity index (χ1n) is 14.1. The molecule has 0 aliphatic heterocycles. The summed E-state index contributed by atoms with van der Waals surface area (Å²) in [5.74, 6) is -1.03. The number of hydrogen-bond donors (Lipinski definition) is 1. The molecule has 0 heterocycles. The number of benzene rings is 4. The molecule has 4 aromatic carbocycles. The fourth-order valence-electron chi connectivity index (χ4n) is 4.86. The lowest BCUT2D eigenvalue weighted by Crippen LogP contribution is -2.53. The highest BCUT2D eigenvalue weighted by Crippen LogP contribution is 2.28. The number of carbonyl (C=O) groups excluding carboxylic acids is 2.